The number of sulfonamides is 1. The third kappa shape index (κ3) is 3.35. The smallest absolute Gasteiger partial charge is 0.305 e. The molecule has 0 aliphatic heterocycles. The van der Waals surface area contributed by atoms with Crippen LogP contribution in [-0.4, -0.2) is 25.0 Å². The van der Waals surface area contributed by atoms with Crippen molar-refractivity contribution in [2.24, 2.45) is 0 Å². The van der Waals surface area contributed by atoms with Crippen molar-refractivity contribution in [2.75, 3.05) is 0 Å². The van der Waals surface area contributed by atoms with E-state index < -0.39 is 21.5 Å². The lowest BCUT2D eigenvalue weighted by Crippen LogP contribution is -2.54. The normalized spacial score (nSPS) is 16.8. The van der Waals surface area contributed by atoms with Crippen LogP contribution in [0.3, 0.4) is 0 Å². The molecule has 0 bridgehead atoms. The van der Waals surface area contributed by atoms with Gasteiger partial charge in [-0.15, -0.1) is 0 Å². The van der Waals surface area contributed by atoms with Gasteiger partial charge in [-0.3, -0.25) is 4.79 Å². The number of nitrogens with zero attached hydrogens (tertiary/aromatic N) is 1. The van der Waals surface area contributed by atoms with Gasteiger partial charge in [0.2, 0.25) is 10.0 Å². The number of rotatable bonds is 5. The molecule has 2 N–H and O–H groups in total. The zero-order valence-electron chi connectivity index (χ0n) is 11.0. The van der Waals surface area contributed by atoms with E-state index in [1.165, 1.54) is 18.2 Å². The van der Waals surface area contributed by atoms with Crippen LogP contribution < -0.4 is 4.72 Å². The van der Waals surface area contributed by atoms with Crippen molar-refractivity contribution in [3.63, 3.8) is 0 Å². The molecular weight excluding hydrogens is 316 g/mol. The Morgan fingerprint density at radius 2 is 2.14 bits per heavy atom. The summed E-state index contributed by atoms with van der Waals surface area (Å²) in [6.45, 7) is 0. The summed E-state index contributed by atoms with van der Waals surface area (Å²) in [5.74, 6) is -1.05. The average Bonchev–Trinajstić information content (AvgIpc) is 2.34. The number of aliphatic carboxylic acids is 1. The first-order valence-electron chi connectivity index (χ1n) is 6.23. The molecule has 0 spiro atoms. The summed E-state index contributed by atoms with van der Waals surface area (Å²) in [6, 6.07) is 5.73. The van der Waals surface area contributed by atoms with Crippen molar-refractivity contribution in [2.45, 2.75) is 36.1 Å². The molecule has 0 amide bonds. The molecule has 0 radical (unpaired) electrons. The topological polar surface area (TPSA) is 107 Å². The van der Waals surface area contributed by atoms with Crippen molar-refractivity contribution >= 4 is 27.6 Å². The van der Waals surface area contributed by atoms with Gasteiger partial charge in [-0.05, 0) is 37.5 Å². The Balaban J connectivity index is 2.30. The molecule has 0 atom stereocenters. The van der Waals surface area contributed by atoms with Gasteiger partial charge in [0.05, 0.1) is 23.1 Å². The van der Waals surface area contributed by atoms with Crippen LogP contribution in [-0.2, 0) is 14.8 Å². The number of benzene rings is 1. The van der Waals surface area contributed by atoms with Gasteiger partial charge in [0.1, 0.15) is 4.90 Å². The largest absolute Gasteiger partial charge is 0.481 e. The monoisotopic (exact) mass is 328 g/mol. The third-order valence-electron chi connectivity index (χ3n) is 3.50. The standard InChI is InChI=1S/C13H13ClN2O4S/c14-10-6-9(8-15)2-3-11(10)21(19,20)16-13(4-1-5-13)7-12(17)18/h2-3,6,16H,1,4-5,7H2,(H,17,18). The molecule has 0 saturated heterocycles. The number of carbonyl (C=O) groups is 1. The molecular formula is C13H13ClN2O4S. The molecule has 8 heteroatoms. The minimum atomic E-state index is -3.93. The van der Waals surface area contributed by atoms with Gasteiger partial charge < -0.3 is 5.11 Å². The lowest BCUT2D eigenvalue weighted by molar-refractivity contribution is -0.139. The average molecular weight is 329 g/mol. The molecule has 1 aliphatic rings. The highest BCUT2D eigenvalue weighted by Crippen LogP contribution is 2.37. The lowest BCUT2D eigenvalue weighted by atomic mass is 9.75. The van der Waals surface area contributed by atoms with Gasteiger partial charge in [0.15, 0.2) is 0 Å². The van der Waals surface area contributed by atoms with E-state index in [4.69, 9.17) is 22.0 Å². The van der Waals surface area contributed by atoms with Gasteiger partial charge in [-0.1, -0.05) is 11.6 Å². The van der Waals surface area contributed by atoms with E-state index in [1.54, 1.807) is 0 Å². The first-order valence-corrected chi connectivity index (χ1v) is 8.10. The van der Waals surface area contributed by atoms with Crippen molar-refractivity contribution in [1.29, 1.82) is 5.26 Å². The van der Waals surface area contributed by atoms with E-state index in [9.17, 15) is 13.2 Å². The minimum Gasteiger partial charge on any atom is -0.481 e. The quantitative estimate of drug-likeness (QED) is 0.858. The van der Waals surface area contributed by atoms with Gasteiger partial charge in [-0.25, -0.2) is 13.1 Å². The Labute approximate surface area is 127 Å². The van der Waals surface area contributed by atoms with Crippen LogP contribution in [0.1, 0.15) is 31.2 Å². The number of hydrogen-bond acceptors (Lipinski definition) is 4. The summed E-state index contributed by atoms with van der Waals surface area (Å²) in [5, 5.41) is 17.6. The van der Waals surface area contributed by atoms with Crippen molar-refractivity contribution in [3.8, 4) is 6.07 Å². The molecule has 0 aromatic heterocycles. The van der Waals surface area contributed by atoms with Crippen LogP contribution in [0.5, 0.6) is 0 Å². The molecule has 2 rings (SSSR count). The Morgan fingerprint density at radius 1 is 1.48 bits per heavy atom. The highest BCUT2D eigenvalue weighted by atomic mass is 35.5. The molecule has 0 unspecified atom stereocenters. The predicted molar refractivity (Wildman–Crippen MR) is 75.3 cm³/mol. The first-order chi connectivity index (χ1) is 9.78. The van der Waals surface area contributed by atoms with Crippen LogP contribution in [0.25, 0.3) is 0 Å². The van der Waals surface area contributed by atoms with Crippen LogP contribution in [0.2, 0.25) is 5.02 Å². The van der Waals surface area contributed by atoms with Gasteiger partial charge in [0, 0.05) is 5.54 Å². The number of hydrogen-bond donors (Lipinski definition) is 2. The summed E-state index contributed by atoms with van der Waals surface area (Å²) in [7, 11) is -3.93. The first kappa shape index (κ1) is 15.8. The fourth-order valence-electron chi connectivity index (χ4n) is 2.34. The number of nitrogens with one attached hydrogen (secondary N) is 1. The number of carboxylic acids is 1. The molecule has 1 fully saturated rings. The fourth-order valence-corrected chi connectivity index (χ4v) is 4.34. The maximum atomic E-state index is 12.4. The predicted octanol–water partition coefficient (Wildman–Crippen LogP) is 1.89. The van der Waals surface area contributed by atoms with E-state index in [0.29, 0.717) is 12.8 Å². The Morgan fingerprint density at radius 3 is 2.57 bits per heavy atom. The highest BCUT2D eigenvalue weighted by molar-refractivity contribution is 7.89. The van der Waals surface area contributed by atoms with E-state index in [0.717, 1.165) is 6.42 Å². The molecule has 1 aromatic carbocycles. The van der Waals surface area contributed by atoms with Crippen molar-refractivity contribution in [3.05, 3.63) is 28.8 Å². The number of nitriles is 1. The summed E-state index contributed by atoms with van der Waals surface area (Å²) in [4.78, 5) is 10.7. The summed E-state index contributed by atoms with van der Waals surface area (Å²) in [6.07, 6.45) is 1.47. The molecule has 0 heterocycles. The van der Waals surface area contributed by atoms with Crippen LogP contribution in [0, 0.1) is 11.3 Å². The third-order valence-corrected chi connectivity index (χ3v) is 5.56. The second kappa shape index (κ2) is 5.64. The Bertz CT molecular complexity index is 720. The number of halogens is 1. The molecule has 112 valence electrons. The maximum Gasteiger partial charge on any atom is 0.305 e. The van der Waals surface area contributed by atoms with E-state index in [2.05, 4.69) is 4.72 Å². The van der Waals surface area contributed by atoms with E-state index in [1.807, 2.05) is 6.07 Å². The Hall–Kier alpha value is -1.62. The van der Waals surface area contributed by atoms with Crippen molar-refractivity contribution in [1.82, 2.24) is 4.72 Å². The lowest BCUT2D eigenvalue weighted by Gasteiger charge is -2.41. The second-order valence-electron chi connectivity index (χ2n) is 5.07. The molecule has 6 nitrogen and oxygen atoms in total. The van der Waals surface area contributed by atoms with Gasteiger partial charge in [-0.2, -0.15) is 5.26 Å². The van der Waals surface area contributed by atoms with Gasteiger partial charge in [0.25, 0.3) is 0 Å². The van der Waals surface area contributed by atoms with E-state index >= 15 is 0 Å². The summed E-state index contributed by atoms with van der Waals surface area (Å²) in [5.41, 5.74) is -0.690. The molecule has 1 aromatic rings. The zero-order chi connectivity index (χ0) is 15.7. The summed E-state index contributed by atoms with van der Waals surface area (Å²) < 4.78 is 27.2. The van der Waals surface area contributed by atoms with Crippen LogP contribution >= 0.6 is 11.6 Å². The van der Waals surface area contributed by atoms with Crippen molar-refractivity contribution < 1.29 is 18.3 Å². The maximum absolute atomic E-state index is 12.4. The minimum absolute atomic E-state index is 0.0636. The molecule has 1 aliphatic carbocycles. The van der Waals surface area contributed by atoms with Gasteiger partial charge >= 0.3 is 5.97 Å². The fraction of sp³-hybridized carbons (Fsp3) is 0.385. The second-order valence-corrected chi connectivity index (χ2v) is 7.12. The number of carboxylic acid groups (broad SMARTS) is 1. The molecule has 21 heavy (non-hydrogen) atoms. The Kier molecular flexibility index (Phi) is 4.23. The zero-order valence-corrected chi connectivity index (χ0v) is 12.5. The highest BCUT2D eigenvalue weighted by Gasteiger charge is 2.42. The summed E-state index contributed by atoms with van der Waals surface area (Å²) >= 11 is 5.90. The van der Waals surface area contributed by atoms with Crippen LogP contribution in [0.15, 0.2) is 23.1 Å². The molecule has 1 saturated carbocycles. The van der Waals surface area contributed by atoms with E-state index in [-0.39, 0.29) is 21.9 Å². The SMILES string of the molecule is N#Cc1ccc(S(=O)(=O)NC2(CC(=O)O)CCC2)c(Cl)c1. The van der Waals surface area contributed by atoms with Crippen LogP contribution in [0.4, 0.5) is 0 Å².